The summed E-state index contributed by atoms with van der Waals surface area (Å²) in [5.41, 5.74) is 7.26. The molecule has 1 rings (SSSR count). The normalized spacial score (nSPS) is 10.1. The SMILES string of the molecule is CCCCc1cc(N)ccc1O. The van der Waals surface area contributed by atoms with Crippen LogP contribution in [-0.4, -0.2) is 5.11 Å². The molecule has 0 amide bonds. The van der Waals surface area contributed by atoms with E-state index in [1.165, 1.54) is 0 Å². The minimum absolute atomic E-state index is 0.359. The van der Waals surface area contributed by atoms with Gasteiger partial charge in [0.1, 0.15) is 5.75 Å². The van der Waals surface area contributed by atoms with Gasteiger partial charge in [0.2, 0.25) is 0 Å². The number of nitrogens with two attached hydrogens (primary N) is 1. The number of aromatic hydroxyl groups is 1. The summed E-state index contributed by atoms with van der Waals surface area (Å²) in [5, 5.41) is 9.41. The lowest BCUT2D eigenvalue weighted by Gasteiger charge is -2.03. The summed E-state index contributed by atoms with van der Waals surface area (Å²) in [6.07, 6.45) is 3.14. The van der Waals surface area contributed by atoms with Crippen LogP contribution < -0.4 is 5.73 Å². The van der Waals surface area contributed by atoms with Gasteiger partial charge in [-0.15, -0.1) is 0 Å². The molecule has 0 saturated heterocycles. The summed E-state index contributed by atoms with van der Waals surface area (Å²) in [6.45, 7) is 2.13. The molecule has 0 aromatic heterocycles. The molecule has 0 heterocycles. The maximum atomic E-state index is 9.41. The Labute approximate surface area is 73.0 Å². The van der Waals surface area contributed by atoms with Crippen molar-refractivity contribution in [1.82, 2.24) is 0 Å². The van der Waals surface area contributed by atoms with Gasteiger partial charge in [-0.25, -0.2) is 0 Å². The monoisotopic (exact) mass is 165 g/mol. The first kappa shape index (κ1) is 8.91. The van der Waals surface area contributed by atoms with E-state index in [-0.39, 0.29) is 0 Å². The fourth-order valence-electron chi connectivity index (χ4n) is 1.17. The zero-order valence-corrected chi connectivity index (χ0v) is 7.38. The summed E-state index contributed by atoms with van der Waals surface area (Å²) in [6, 6.07) is 5.20. The maximum Gasteiger partial charge on any atom is 0.118 e. The summed E-state index contributed by atoms with van der Waals surface area (Å²) >= 11 is 0. The molecule has 0 atom stereocenters. The van der Waals surface area contributed by atoms with E-state index in [2.05, 4.69) is 6.92 Å². The molecular weight excluding hydrogens is 150 g/mol. The van der Waals surface area contributed by atoms with Gasteiger partial charge in [0, 0.05) is 5.69 Å². The first-order valence-corrected chi connectivity index (χ1v) is 4.31. The van der Waals surface area contributed by atoms with Crippen molar-refractivity contribution in [3.8, 4) is 5.75 Å². The van der Waals surface area contributed by atoms with Crippen LogP contribution in [0.4, 0.5) is 5.69 Å². The van der Waals surface area contributed by atoms with Gasteiger partial charge in [0.15, 0.2) is 0 Å². The first-order chi connectivity index (χ1) is 5.74. The molecule has 3 N–H and O–H groups in total. The van der Waals surface area contributed by atoms with Gasteiger partial charge >= 0.3 is 0 Å². The van der Waals surface area contributed by atoms with E-state index in [4.69, 9.17) is 5.73 Å². The van der Waals surface area contributed by atoms with E-state index in [0.717, 1.165) is 30.5 Å². The summed E-state index contributed by atoms with van der Waals surface area (Å²) in [4.78, 5) is 0. The van der Waals surface area contributed by atoms with E-state index in [0.29, 0.717) is 5.75 Å². The van der Waals surface area contributed by atoms with Crippen LogP contribution >= 0.6 is 0 Å². The van der Waals surface area contributed by atoms with Crippen molar-refractivity contribution in [1.29, 1.82) is 0 Å². The number of benzene rings is 1. The average molecular weight is 165 g/mol. The molecule has 0 unspecified atom stereocenters. The Balaban J connectivity index is 2.75. The zero-order chi connectivity index (χ0) is 8.97. The van der Waals surface area contributed by atoms with Crippen molar-refractivity contribution in [2.75, 3.05) is 5.73 Å². The molecule has 0 fully saturated rings. The van der Waals surface area contributed by atoms with Gasteiger partial charge in [-0.3, -0.25) is 0 Å². The Kier molecular flexibility index (Phi) is 2.97. The molecule has 0 bridgehead atoms. The van der Waals surface area contributed by atoms with Gasteiger partial charge < -0.3 is 10.8 Å². The zero-order valence-electron chi connectivity index (χ0n) is 7.38. The quantitative estimate of drug-likeness (QED) is 0.533. The van der Waals surface area contributed by atoms with Crippen LogP contribution in [0, 0.1) is 0 Å². The Morgan fingerprint density at radius 3 is 2.83 bits per heavy atom. The number of anilines is 1. The molecular formula is C10H15NO. The molecule has 0 saturated carbocycles. The average Bonchev–Trinajstić information content (AvgIpc) is 2.07. The maximum absolute atomic E-state index is 9.41. The molecule has 0 aliphatic heterocycles. The number of hydrogen-bond donors (Lipinski definition) is 2. The standard InChI is InChI=1S/C10H15NO/c1-2-3-4-8-7-9(11)5-6-10(8)12/h5-7,12H,2-4,11H2,1H3. The number of phenolic OH excluding ortho intramolecular Hbond substituents is 1. The summed E-state index contributed by atoms with van der Waals surface area (Å²) in [7, 11) is 0. The summed E-state index contributed by atoms with van der Waals surface area (Å²) in [5.74, 6) is 0.359. The fourth-order valence-corrected chi connectivity index (χ4v) is 1.17. The molecule has 0 aliphatic carbocycles. The van der Waals surface area contributed by atoms with E-state index < -0.39 is 0 Å². The van der Waals surface area contributed by atoms with Gasteiger partial charge in [-0.2, -0.15) is 0 Å². The number of nitrogen functional groups attached to an aromatic ring is 1. The molecule has 0 spiro atoms. The summed E-state index contributed by atoms with van der Waals surface area (Å²) < 4.78 is 0. The first-order valence-electron chi connectivity index (χ1n) is 4.31. The molecule has 0 aliphatic rings. The van der Waals surface area contributed by atoms with Gasteiger partial charge in [-0.05, 0) is 36.6 Å². The predicted molar refractivity (Wildman–Crippen MR) is 51.1 cm³/mol. The van der Waals surface area contributed by atoms with Crippen LogP contribution in [0.25, 0.3) is 0 Å². The van der Waals surface area contributed by atoms with Crippen molar-refractivity contribution in [2.24, 2.45) is 0 Å². The third kappa shape index (κ3) is 2.16. The van der Waals surface area contributed by atoms with E-state index >= 15 is 0 Å². The number of rotatable bonds is 3. The smallest absolute Gasteiger partial charge is 0.118 e. The van der Waals surface area contributed by atoms with Crippen molar-refractivity contribution < 1.29 is 5.11 Å². The van der Waals surface area contributed by atoms with Crippen molar-refractivity contribution in [2.45, 2.75) is 26.2 Å². The van der Waals surface area contributed by atoms with E-state index in [1.807, 2.05) is 6.07 Å². The van der Waals surface area contributed by atoms with Crippen molar-refractivity contribution in [3.63, 3.8) is 0 Å². The number of phenols is 1. The third-order valence-electron chi connectivity index (χ3n) is 1.90. The predicted octanol–water partition coefficient (Wildman–Crippen LogP) is 2.32. The second kappa shape index (κ2) is 4.00. The second-order valence-electron chi connectivity index (χ2n) is 2.99. The van der Waals surface area contributed by atoms with Crippen molar-refractivity contribution >= 4 is 5.69 Å². The minimum atomic E-state index is 0.359. The topological polar surface area (TPSA) is 46.2 Å². The largest absolute Gasteiger partial charge is 0.508 e. The lowest BCUT2D eigenvalue weighted by Crippen LogP contribution is -1.89. The Bertz CT molecular complexity index is 258. The minimum Gasteiger partial charge on any atom is -0.508 e. The highest BCUT2D eigenvalue weighted by Crippen LogP contribution is 2.21. The highest BCUT2D eigenvalue weighted by Gasteiger charge is 1.99. The van der Waals surface area contributed by atoms with Gasteiger partial charge in [0.25, 0.3) is 0 Å². The Morgan fingerprint density at radius 1 is 1.42 bits per heavy atom. The van der Waals surface area contributed by atoms with Crippen LogP contribution in [0.1, 0.15) is 25.3 Å². The molecule has 2 heteroatoms. The van der Waals surface area contributed by atoms with E-state index in [9.17, 15) is 5.11 Å². The van der Waals surface area contributed by atoms with Crippen LogP contribution in [0.2, 0.25) is 0 Å². The third-order valence-corrected chi connectivity index (χ3v) is 1.90. The molecule has 1 aromatic rings. The molecule has 2 nitrogen and oxygen atoms in total. The van der Waals surface area contributed by atoms with Crippen molar-refractivity contribution in [3.05, 3.63) is 23.8 Å². The molecule has 0 radical (unpaired) electrons. The Hall–Kier alpha value is -1.18. The lowest BCUT2D eigenvalue weighted by atomic mass is 10.1. The van der Waals surface area contributed by atoms with Gasteiger partial charge in [-0.1, -0.05) is 13.3 Å². The molecule has 66 valence electrons. The van der Waals surface area contributed by atoms with E-state index in [1.54, 1.807) is 12.1 Å². The highest BCUT2D eigenvalue weighted by atomic mass is 16.3. The van der Waals surface area contributed by atoms with Gasteiger partial charge in [0.05, 0.1) is 0 Å². The Morgan fingerprint density at radius 2 is 2.17 bits per heavy atom. The number of hydrogen-bond acceptors (Lipinski definition) is 2. The van der Waals surface area contributed by atoms with Crippen LogP contribution in [0.3, 0.4) is 0 Å². The molecule has 1 aromatic carbocycles. The number of aryl methyl sites for hydroxylation is 1. The van der Waals surface area contributed by atoms with Crippen LogP contribution in [0.15, 0.2) is 18.2 Å². The highest BCUT2D eigenvalue weighted by molar-refractivity contribution is 5.47. The van der Waals surface area contributed by atoms with Crippen LogP contribution in [-0.2, 0) is 6.42 Å². The number of unbranched alkanes of at least 4 members (excludes halogenated alkanes) is 1. The van der Waals surface area contributed by atoms with Crippen LogP contribution in [0.5, 0.6) is 5.75 Å². The second-order valence-corrected chi connectivity index (χ2v) is 2.99. The molecule has 12 heavy (non-hydrogen) atoms. The fraction of sp³-hybridized carbons (Fsp3) is 0.400. The lowest BCUT2D eigenvalue weighted by molar-refractivity contribution is 0.467.